The van der Waals surface area contributed by atoms with Crippen molar-refractivity contribution in [3.63, 3.8) is 0 Å². The van der Waals surface area contributed by atoms with Gasteiger partial charge in [0.05, 0.1) is 0 Å². The SMILES string of the molecule is CC(C)(CBr)NC(=O)CCC1CCCCC1. The van der Waals surface area contributed by atoms with Gasteiger partial charge in [0, 0.05) is 17.3 Å². The quantitative estimate of drug-likeness (QED) is 0.770. The Balaban J connectivity index is 2.19. The predicted octanol–water partition coefficient (Wildman–Crippen LogP) is 3.64. The molecular weight excluding hydrogens is 266 g/mol. The van der Waals surface area contributed by atoms with Gasteiger partial charge in [0.25, 0.3) is 0 Å². The van der Waals surface area contributed by atoms with Crippen molar-refractivity contribution in [2.45, 2.75) is 64.3 Å². The van der Waals surface area contributed by atoms with Crippen molar-refractivity contribution in [2.75, 3.05) is 5.33 Å². The van der Waals surface area contributed by atoms with E-state index in [0.29, 0.717) is 6.42 Å². The first-order valence-corrected chi connectivity index (χ1v) is 7.52. The molecule has 16 heavy (non-hydrogen) atoms. The molecule has 0 atom stereocenters. The van der Waals surface area contributed by atoms with Crippen molar-refractivity contribution in [3.05, 3.63) is 0 Å². The highest BCUT2D eigenvalue weighted by Gasteiger charge is 2.20. The summed E-state index contributed by atoms with van der Waals surface area (Å²) < 4.78 is 0. The van der Waals surface area contributed by atoms with Crippen LogP contribution in [-0.4, -0.2) is 16.8 Å². The molecule has 0 aromatic rings. The number of carbonyl (C=O) groups is 1. The molecule has 1 N–H and O–H groups in total. The van der Waals surface area contributed by atoms with E-state index in [4.69, 9.17) is 0 Å². The number of hydrogen-bond donors (Lipinski definition) is 1. The van der Waals surface area contributed by atoms with Gasteiger partial charge in [0.15, 0.2) is 0 Å². The summed E-state index contributed by atoms with van der Waals surface area (Å²) in [6, 6.07) is 0. The lowest BCUT2D eigenvalue weighted by Gasteiger charge is -2.25. The minimum absolute atomic E-state index is 0.121. The van der Waals surface area contributed by atoms with Crippen LogP contribution in [0.3, 0.4) is 0 Å². The highest BCUT2D eigenvalue weighted by molar-refractivity contribution is 9.09. The molecule has 3 heteroatoms. The van der Waals surface area contributed by atoms with Gasteiger partial charge in [-0.2, -0.15) is 0 Å². The third-order valence-corrected chi connectivity index (χ3v) is 4.72. The summed E-state index contributed by atoms with van der Waals surface area (Å²) in [7, 11) is 0. The first-order valence-electron chi connectivity index (χ1n) is 6.40. The summed E-state index contributed by atoms with van der Waals surface area (Å²) in [6.45, 7) is 4.08. The number of carbonyl (C=O) groups excluding carboxylic acids is 1. The normalized spacial score (nSPS) is 18.4. The van der Waals surface area contributed by atoms with Crippen LogP contribution in [0.25, 0.3) is 0 Å². The lowest BCUT2D eigenvalue weighted by molar-refractivity contribution is -0.122. The maximum Gasteiger partial charge on any atom is 0.220 e. The zero-order valence-electron chi connectivity index (χ0n) is 10.5. The van der Waals surface area contributed by atoms with E-state index >= 15 is 0 Å². The van der Waals surface area contributed by atoms with Crippen LogP contribution in [0.4, 0.5) is 0 Å². The second-order valence-corrected chi connectivity index (χ2v) is 6.17. The first-order chi connectivity index (χ1) is 7.53. The Labute approximate surface area is 108 Å². The van der Waals surface area contributed by atoms with E-state index in [1.807, 2.05) is 13.8 Å². The molecule has 0 radical (unpaired) electrons. The topological polar surface area (TPSA) is 29.1 Å². The van der Waals surface area contributed by atoms with Crippen LogP contribution in [0.5, 0.6) is 0 Å². The smallest absolute Gasteiger partial charge is 0.220 e. The van der Waals surface area contributed by atoms with Crippen molar-refractivity contribution in [2.24, 2.45) is 5.92 Å². The van der Waals surface area contributed by atoms with Crippen LogP contribution in [0.15, 0.2) is 0 Å². The Morgan fingerprint density at radius 3 is 2.50 bits per heavy atom. The molecule has 1 fully saturated rings. The number of amides is 1. The zero-order chi connectivity index (χ0) is 12.0. The van der Waals surface area contributed by atoms with Crippen molar-refractivity contribution < 1.29 is 4.79 Å². The van der Waals surface area contributed by atoms with Gasteiger partial charge in [-0.3, -0.25) is 4.79 Å². The van der Waals surface area contributed by atoms with E-state index in [9.17, 15) is 4.79 Å². The van der Waals surface area contributed by atoms with Crippen LogP contribution in [0.2, 0.25) is 0 Å². The van der Waals surface area contributed by atoms with E-state index in [-0.39, 0.29) is 11.4 Å². The van der Waals surface area contributed by atoms with Crippen LogP contribution in [0, 0.1) is 5.92 Å². The highest BCUT2D eigenvalue weighted by atomic mass is 79.9. The fourth-order valence-electron chi connectivity index (χ4n) is 2.28. The van der Waals surface area contributed by atoms with Gasteiger partial charge in [-0.05, 0) is 26.2 Å². The summed E-state index contributed by atoms with van der Waals surface area (Å²) >= 11 is 3.41. The zero-order valence-corrected chi connectivity index (χ0v) is 12.1. The molecule has 1 rings (SSSR count). The Bertz CT molecular complexity index is 222. The van der Waals surface area contributed by atoms with Crippen LogP contribution < -0.4 is 5.32 Å². The Hall–Kier alpha value is -0.0500. The molecule has 0 aromatic carbocycles. The molecular formula is C13H24BrNO. The van der Waals surface area contributed by atoms with Gasteiger partial charge < -0.3 is 5.32 Å². The lowest BCUT2D eigenvalue weighted by atomic mass is 9.86. The summed E-state index contributed by atoms with van der Waals surface area (Å²) in [5, 5.41) is 3.86. The summed E-state index contributed by atoms with van der Waals surface area (Å²) in [5.74, 6) is 1.00. The number of nitrogens with one attached hydrogen (secondary N) is 1. The Kier molecular flexibility index (Phi) is 5.81. The molecule has 1 saturated carbocycles. The van der Waals surface area contributed by atoms with E-state index in [0.717, 1.165) is 17.7 Å². The minimum Gasteiger partial charge on any atom is -0.350 e. The lowest BCUT2D eigenvalue weighted by Crippen LogP contribution is -2.44. The summed E-state index contributed by atoms with van der Waals surface area (Å²) in [5.41, 5.74) is -0.121. The standard InChI is InChI=1S/C13H24BrNO/c1-13(2,10-14)15-12(16)9-8-11-6-4-3-5-7-11/h11H,3-10H2,1-2H3,(H,15,16). The van der Waals surface area contributed by atoms with Gasteiger partial charge in [-0.1, -0.05) is 48.0 Å². The van der Waals surface area contributed by atoms with E-state index in [1.54, 1.807) is 0 Å². The highest BCUT2D eigenvalue weighted by Crippen LogP contribution is 2.27. The average Bonchev–Trinajstić information content (AvgIpc) is 2.27. The van der Waals surface area contributed by atoms with Crippen molar-refractivity contribution in [3.8, 4) is 0 Å². The van der Waals surface area contributed by atoms with Gasteiger partial charge in [-0.15, -0.1) is 0 Å². The molecule has 0 heterocycles. The van der Waals surface area contributed by atoms with Gasteiger partial charge in [0.1, 0.15) is 0 Å². The van der Waals surface area contributed by atoms with Crippen LogP contribution in [0.1, 0.15) is 58.8 Å². The monoisotopic (exact) mass is 289 g/mol. The van der Waals surface area contributed by atoms with Crippen molar-refractivity contribution >= 4 is 21.8 Å². The molecule has 0 aliphatic heterocycles. The van der Waals surface area contributed by atoms with Gasteiger partial charge in [-0.25, -0.2) is 0 Å². The molecule has 1 aliphatic rings. The number of rotatable bonds is 5. The molecule has 94 valence electrons. The fraction of sp³-hybridized carbons (Fsp3) is 0.923. The largest absolute Gasteiger partial charge is 0.350 e. The van der Waals surface area contributed by atoms with E-state index in [2.05, 4.69) is 21.2 Å². The molecule has 0 bridgehead atoms. The minimum atomic E-state index is -0.121. The molecule has 1 amide bonds. The van der Waals surface area contributed by atoms with E-state index in [1.165, 1.54) is 32.1 Å². The summed E-state index contributed by atoms with van der Waals surface area (Å²) in [4.78, 5) is 11.7. The number of halogens is 1. The molecule has 0 spiro atoms. The molecule has 0 aromatic heterocycles. The molecule has 1 aliphatic carbocycles. The second kappa shape index (κ2) is 6.63. The third kappa shape index (κ3) is 5.33. The van der Waals surface area contributed by atoms with Crippen LogP contribution in [-0.2, 0) is 4.79 Å². The van der Waals surface area contributed by atoms with Gasteiger partial charge >= 0.3 is 0 Å². The Morgan fingerprint density at radius 1 is 1.31 bits per heavy atom. The predicted molar refractivity (Wildman–Crippen MR) is 71.8 cm³/mol. The van der Waals surface area contributed by atoms with Crippen molar-refractivity contribution in [1.82, 2.24) is 5.32 Å². The first kappa shape index (κ1) is 14.0. The number of alkyl halides is 1. The molecule has 0 saturated heterocycles. The Morgan fingerprint density at radius 2 is 1.94 bits per heavy atom. The maximum atomic E-state index is 11.7. The summed E-state index contributed by atoms with van der Waals surface area (Å²) in [6.07, 6.45) is 8.53. The fourth-order valence-corrected chi connectivity index (χ4v) is 2.42. The van der Waals surface area contributed by atoms with Crippen LogP contribution >= 0.6 is 15.9 Å². The molecule has 2 nitrogen and oxygen atoms in total. The molecule has 0 unspecified atom stereocenters. The van der Waals surface area contributed by atoms with E-state index < -0.39 is 0 Å². The average molecular weight is 290 g/mol. The second-order valence-electron chi connectivity index (χ2n) is 5.61. The van der Waals surface area contributed by atoms with Crippen molar-refractivity contribution in [1.29, 1.82) is 0 Å². The third-order valence-electron chi connectivity index (χ3n) is 3.32. The maximum absolute atomic E-state index is 11.7. The number of hydrogen-bond acceptors (Lipinski definition) is 1. The van der Waals surface area contributed by atoms with Gasteiger partial charge in [0.2, 0.25) is 5.91 Å².